The highest BCUT2D eigenvalue weighted by molar-refractivity contribution is 7.87. The molecular weight excluding hydrogens is 290 g/mol. The Morgan fingerprint density at radius 3 is 2.42 bits per heavy atom. The molecule has 0 amide bonds. The monoisotopic (exact) mass is 295 g/mol. The minimum atomic E-state index is -5.76. The topological polar surface area (TPSA) is 56.3 Å². The second kappa shape index (κ2) is 4.34. The molecule has 2 rings (SSSR count). The molecule has 0 N–H and O–H groups in total. The SMILES string of the molecule is O=S(=O)(Oc1ccc2cc(F)ccc2n1)C(F)(F)F. The van der Waals surface area contributed by atoms with Crippen LogP contribution < -0.4 is 4.18 Å². The van der Waals surface area contributed by atoms with Crippen LogP contribution in [0.25, 0.3) is 10.9 Å². The average Bonchev–Trinajstić information content (AvgIpc) is 2.27. The summed E-state index contributed by atoms with van der Waals surface area (Å²) in [4.78, 5) is 3.55. The normalized spacial score (nSPS) is 12.6. The van der Waals surface area contributed by atoms with Gasteiger partial charge < -0.3 is 4.18 Å². The van der Waals surface area contributed by atoms with E-state index in [1.54, 1.807) is 0 Å². The second-order valence-electron chi connectivity index (χ2n) is 3.47. The first-order valence-electron chi connectivity index (χ1n) is 4.76. The Labute approximate surface area is 104 Å². The smallest absolute Gasteiger partial charge is 0.355 e. The number of fused-ring (bicyclic) bond motifs is 1. The van der Waals surface area contributed by atoms with E-state index in [4.69, 9.17) is 0 Å². The van der Waals surface area contributed by atoms with Crippen molar-refractivity contribution in [2.45, 2.75) is 5.51 Å². The highest BCUT2D eigenvalue weighted by Crippen LogP contribution is 2.27. The van der Waals surface area contributed by atoms with E-state index in [2.05, 4.69) is 9.17 Å². The first kappa shape index (κ1) is 13.5. The minimum Gasteiger partial charge on any atom is -0.355 e. The number of alkyl halides is 3. The highest BCUT2D eigenvalue weighted by Gasteiger charge is 2.48. The lowest BCUT2D eigenvalue weighted by molar-refractivity contribution is -0.0501. The van der Waals surface area contributed by atoms with Gasteiger partial charge in [0.05, 0.1) is 5.52 Å². The van der Waals surface area contributed by atoms with Gasteiger partial charge >= 0.3 is 15.6 Å². The fourth-order valence-electron chi connectivity index (χ4n) is 1.28. The van der Waals surface area contributed by atoms with E-state index in [1.165, 1.54) is 12.1 Å². The van der Waals surface area contributed by atoms with Crippen molar-refractivity contribution in [1.29, 1.82) is 0 Å². The van der Waals surface area contributed by atoms with Crippen LogP contribution in [-0.4, -0.2) is 18.9 Å². The van der Waals surface area contributed by atoms with Gasteiger partial charge in [-0.3, -0.25) is 0 Å². The molecule has 1 aromatic heterocycles. The van der Waals surface area contributed by atoms with Gasteiger partial charge in [0.25, 0.3) is 0 Å². The van der Waals surface area contributed by atoms with Gasteiger partial charge in [-0.2, -0.15) is 21.6 Å². The quantitative estimate of drug-likeness (QED) is 0.485. The Morgan fingerprint density at radius 2 is 1.79 bits per heavy atom. The summed E-state index contributed by atoms with van der Waals surface area (Å²) in [6, 6.07) is 5.44. The number of aromatic nitrogens is 1. The van der Waals surface area contributed by atoms with Crippen LogP contribution in [0.15, 0.2) is 30.3 Å². The van der Waals surface area contributed by atoms with Crippen molar-refractivity contribution in [1.82, 2.24) is 4.98 Å². The maximum absolute atomic E-state index is 12.9. The first-order valence-corrected chi connectivity index (χ1v) is 6.17. The number of pyridine rings is 1. The number of halogens is 4. The Hall–Kier alpha value is -1.90. The summed E-state index contributed by atoms with van der Waals surface area (Å²) in [5.41, 5.74) is -5.43. The molecule has 1 heterocycles. The fraction of sp³-hybridized carbons (Fsp3) is 0.100. The van der Waals surface area contributed by atoms with E-state index in [-0.39, 0.29) is 5.52 Å². The summed E-state index contributed by atoms with van der Waals surface area (Å²) in [6.07, 6.45) is 0. The zero-order valence-electron chi connectivity index (χ0n) is 8.98. The van der Waals surface area contributed by atoms with E-state index < -0.39 is 27.3 Å². The molecule has 2 aromatic rings. The third-order valence-corrected chi connectivity index (χ3v) is 3.06. The molecule has 0 atom stereocenters. The molecule has 9 heteroatoms. The molecular formula is C10H5F4NO3S. The molecule has 0 radical (unpaired) electrons. The standard InChI is InChI=1S/C10H5F4NO3S/c11-7-2-3-8-6(5-7)1-4-9(15-8)18-19(16,17)10(12,13)14/h1-5H. The molecule has 0 bridgehead atoms. The lowest BCUT2D eigenvalue weighted by Crippen LogP contribution is -2.28. The molecule has 0 unspecified atom stereocenters. The van der Waals surface area contributed by atoms with Crippen molar-refractivity contribution in [3.63, 3.8) is 0 Å². The molecule has 0 saturated carbocycles. The molecule has 0 aliphatic heterocycles. The Kier molecular flexibility index (Phi) is 3.09. The van der Waals surface area contributed by atoms with Gasteiger partial charge in [0.15, 0.2) is 0 Å². The summed E-state index contributed by atoms with van der Waals surface area (Å²) < 4.78 is 74.5. The maximum atomic E-state index is 12.9. The molecule has 0 saturated heterocycles. The van der Waals surface area contributed by atoms with Crippen molar-refractivity contribution in [3.05, 3.63) is 36.1 Å². The highest BCUT2D eigenvalue weighted by atomic mass is 32.2. The van der Waals surface area contributed by atoms with Gasteiger partial charge in [0.2, 0.25) is 5.88 Å². The van der Waals surface area contributed by atoms with Crippen LogP contribution in [-0.2, 0) is 10.1 Å². The molecule has 19 heavy (non-hydrogen) atoms. The van der Waals surface area contributed by atoms with Crippen LogP contribution in [0.2, 0.25) is 0 Å². The van der Waals surface area contributed by atoms with Gasteiger partial charge in [-0.15, -0.1) is 0 Å². The van der Waals surface area contributed by atoms with Crippen molar-refractivity contribution < 1.29 is 30.2 Å². The summed E-state index contributed by atoms with van der Waals surface area (Å²) in [7, 11) is -5.76. The third-order valence-electron chi connectivity index (χ3n) is 2.10. The van der Waals surface area contributed by atoms with Gasteiger partial charge in [0, 0.05) is 11.5 Å². The predicted molar refractivity (Wildman–Crippen MR) is 57.3 cm³/mol. The zero-order chi connectivity index (χ0) is 14.3. The molecule has 4 nitrogen and oxygen atoms in total. The average molecular weight is 295 g/mol. The largest absolute Gasteiger partial charge is 0.534 e. The molecule has 1 aromatic carbocycles. The number of hydrogen-bond acceptors (Lipinski definition) is 4. The second-order valence-corrected chi connectivity index (χ2v) is 5.01. The van der Waals surface area contributed by atoms with Gasteiger partial charge in [-0.25, -0.2) is 9.37 Å². The van der Waals surface area contributed by atoms with Crippen molar-refractivity contribution >= 4 is 21.0 Å². The maximum Gasteiger partial charge on any atom is 0.534 e. The summed E-state index contributed by atoms with van der Waals surface area (Å²) in [5, 5.41) is 0.303. The van der Waals surface area contributed by atoms with E-state index >= 15 is 0 Å². The van der Waals surface area contributed by atoms with Gasteiger partial charge in [-0.05, 0) is 24.3 Å². The van der Waals surface area contributed by atoms with Crippen molar-refractivity contribution in [2.75, 3.05) is 0 Å². The first-order chi connectivity index (χ1) is 8.69. The Morgan fingerprint density at radius 1 is 1.11 bits per heavy atom. The number of hydrogen-bond donors (Lipinski definition) is 0. The van der Waals surface area contributed by atoms with Crippen LogP contribution in [0.5, 0.6) is 5.88 Å². The number of rotatable bonds is 2. The third kappa shape index (κ3) is 2.75. The number of nitrogens with zero attached hydrogens (tertiary/aromatic N) is 1. The van der Waals surface area contributed by atoms with Crippen LogP contribution in [0.4, 0.5) is 17.6 Å². The van der Waals surface area contributed by atoms with Gasteiger partial charge in [0.1, 0.15) is 5.82 Å². The summed E-state index contributed by atoms with van der Waals surface area (Å²) in [6.45, 7) is 0. The molecule has 0 aliphatic rings. The lowest BCUT2D eigenvalue weighted by Gasteiger charge is -2.08. The van der Waals surface area contributed by atoms with Crippen molar-refractivity contribution in [3.8, 4) is 5.88 Å². The van der Waals surface area contributed by atoms with Crippen LogP contribution in [0.3, 0.4) is 0 Å². The zero-order valence-corrected chi connectivity index (χ0v) is 9.80. The van der Waals surface area contributed by atoms with E-state index in [0.29, 0.717) is 5.39 Å². The molecule has 0 spiro atoms. The Bertz CT molecular complexity index is 727. The predicted octanol–water partition coefficient (Wildman–Crippen LogP) is 2.60. The van der Waals surface area contributed by atoms with E-state index in [0.717, 1.165) is 18.2 Å². The molecule has 0 aliphatic carbocycles. The van der Waals surface area contributed by atoms with Crippen LogP contribution in [0, 0.1) is 5.82 Å². The lowest BCUT2D eigenvalue weighted by atomic mass is 10.2. The van der Waals surface area contributed by atoms with Gasteiger partial charge in [-0.1, -0.05) is 0 Å². The van der Waals surface area contributed by atoms with Crippen molar-refractivity contribution in [2.24, 2.45) is 0 Å². The summed E-state index contributed by atoms with van der Waals surface area (Å²) in [5.74, 6) is -1.29. The van der Waals surface area contributed by atoms with Crippen LogP contribution >= 0.6 is 0 Å². The van der Waals surface area contributed by atoms with E-state index in [9.17, 15) is 26.0 Å². The fourth-order valence-corrected chi connectivity index (χ4v) is 1.70. The molecule has 0 fully saturated rings. The Balaban J connectivity index is 2.40. The van der Waals surface area contributed by atoms with E-state index in [1.807, 2.05) is 0 Å². The number of benzene rings is 1. The minimum absolute atomic E-state index is 0.108. The summed E-state index contributed by atoms with van der Waals surface area (Å²) >= 11 is 0. The molecule has 102 valence electrons. The van der Waals surface area contributed by atoms with Crippen LogP contribution in [0.1, 0.15) is 0 Å².